The lowest BCUT2D eigenvalue weighted by Gasteiger charge is -2.12. The average Bonchev–Trinajstić information content (AvgIpc) is 2.90. The molecule has 1 aromatic carbocycles. The van der Waals surface area contributed by atoms with E-state index in [4.69, 9.17) is 0 Å². The van der Waals surface area contributed by atoms with Gasteiger partial charge in [-0.25, -0.2) is 13.8 Å². The smallest absolute Gasteiger partial charge is 0.259 e. The number of fused-ring (bicyclic) bond motifs is 1. The number of carbonyl (C=O) groups excluding carboxylic acids is 1. The molecule has 27 heavy (non-hydrogen) atoms. The number of nitrogens with zero attached hydrogens (tertiary/aromatic N) is 1. The van der Waals surface area contributed by atoms with Crippen molar-refractivity contribution in [3.63, 3.8) is 0 Å². The Hall–Kier alpha value is -2.26. The quantitative estimate of drug-likeness (QED) is 0.664. The van der Waals surface area contributed by atoms with Crippen molar-refractivity contribution in [2.24, 2.45) is 0 Å². The molecule has 142 valence electrons. The SMILES string of the molecule is Cc1sc2nc(CSC(C)C(=O)Nc3cc(F)ccc3F)[nH]c(=O)c2c1C. The van der Waals surface area contributed by atoms with Gasteiger partial charge >= 0.3 is 0 Å². The second-order valence-corrected chi connectivity index (χ2v) is 8.57. The number of hydrogen-bond donors (Lipinski definition) is 2. The van der Waals surface area contributed by atoms with Crippen molar-refractivity contribution >= 4 is 44.9 Å². The minimum absolute atomic E-state index is 0.198. The summed E-state index contributed by atoms with van der Waals surface area (Å²) in [5.74, 6) is -1.03. The number of aryl methyl sites for hydroxylation is 2. The molecule has 2 N–H and O–H groups in total. The summed E-state index contributed by atoms with van der Waals surface area (Å²) < 4.78 is 26.8. The molecule has 0 aliphatic carbocycles. The van der Waals surface area contributed by atoms with Gasteiger partial charge in [0, 0.05) is 10.9 Å². The van der Waals surface area contributed by atoms with Crippen LogP contribution in [0.4, 0.5) is 14.5 Å². The highest BCUT2D eigenvalue weighted by molar-refractivity contribution is 7.99. The molecule has 2 aromatic heterocycles. The zero-order chi connectivity index (χ0) is 19.7. The summed E-state index contributed by atoms with van der Waals surface area (Å²) in [6.07, 6.45) is 0. The molecule has 1 unspecified atom stereocenters. The minimum Gasteiger partial charge on any atom is -0.323 e. The molecule has 0 aliphatic rings. The number of H-pyrrole nitrogens is 1. The van der Waals surface area contributed by atoms with E-state index >= 15 is 0 Å². The van der Waals surface area contributed by atoms with Crippen LogP contribution < -0.4 is 10.9 Å². The molecule has 0 radical (unpaired) electrons. The Morgan fingerprint density at radius 1 is 1.37 bits per heavy atom. The lowest BCUT2D eigenvalue weighted by Crippen LogP contribution is -2.23. The number of carbonyl (C=O) groups is 1. The molecule has 0 spiro atoms. The highest BCUT2D eigenvalue weighted by atomic mass is 32.2. The number of halogens is 2. The maximum Gasteiger partial charge on any atom is 0.259 e. The molecule has 9 heteroatoms. The molecule has 0 aliphatic heterocycles. The van der Waals surface area contributed by atoms with Crippen LogP contribution in [0.5, 0.6) is 0 Å². The van der Waals surface area contributed by atoms with Gasteiger partial charge in [-0.1, -0.05) is 0 Å². The van der Waals surface area contributed by atoms with E-state index in [1.54, 1.807) is 6.92 Å². The number of amides is 1. The highest BCUT2D eigenvalue weighted by Crippen LogP contribution is 2.26. The monoisotopic (exact) mass is 409 g/mol. The predicted molar refractivity (Wildman–Crippen MR) is 105 cm³/mol. The fourth-order valence-electron chi connectivity index (χ4n) is 2.47. The Kier molecular flexibility index (Phi) is 5.61. The maximum atomic E-state index is 13.6. The lowest BCUT2D eigenvalue weighted by molar-refractivity contribution is -0.115. The summed E-state index contributed by atoms with van der Waals surface area (Å²) in [4.78, 5) is 33.4. The molecular formula is C18H17F2N3O2S2. The normalized spacial score (nSPS) is 12.3. The summed E-state index contributed by atoms with van der Waals surface area (Å²) in [5.41, 5.74) is 0.522. The first-order chi connectivity index (χ1) is 12.8. The van der Waals surface area contributed by atoms with Gasteiger partial charge in [-0.2, -0.15) is 0 Å². The molecule has 2 heterocycles. The Morgan fingerprint density at radius 3 is 2.85 bits per heavy atom. The maximum absolute atomic E-state index is 13.6. The van der Waals surface area contributed by atoms with Gasteiger partial charge in [0.1, 0.15) is 22.3 Å². The van der Waals surface area contributed by atoms with Crippen LogP contribution in [0.1, 0.15) is 23.2 Å². The molecule has 1 amide bonds. The first-order valence-corrected chi connectivity index (χ1v) is 9.99. The molecule has 3 aromatic rings. The van der Waals surface area contributed by atoms with Crippen molar-refractivity contribution < 1.29 is 13.6 Å². The van der Waals surface area contributed by atoms with E-state index in [9.17, 15) is 18.4 Å². The molecule has 5 nitrogen and oxygen atoms in total. The van der Waals surface area contributed by atoms with Crippen LogP contribution in [0.2, 0.25) is 0 Å². The molecule has 0 saturated heterocycles. The van der Waals surface area contributed by atoms with E-state index in [1.165, 1.54) is 23.1 Å². The van der Waals surface area contributed by atoms with Crippen molar-refractivity contribution in [3.8, 4) is 0 Å². The van der Waals surface area contributed by atoms with Crippen LogP contribution in [0, 0.1) is 25.5 Å². The number of hydrogen-bond acceptors (Lipinski definition) is 5. The van der Waals surface area contributed by atoms with Gasteiger partial charge in [0.25, 0.3) is 5.56 Å². The van der Waals surface area contributed by atoms with Gasteiger partial charge < -0.3 is 10.3 Å². The third-order valence-electron chi connectivity index (χ3n) is 4.11. The second kappa shape index (κ2) is 7.77. The van der Waals surface area contributed by atoms with Crippen LogP contribution in [-0.2, 0) is 10.5 Å². The topological polar surface area (TPSA) is 74.8 Å². The van der Waals surface area contributed by atoms with Crippen LogP contribution in [0.15, 0.2) is 23.0 Å². The van der Waals surface area contributed by atoms with Crippen molar-refractivity contribution in [1.29, 1.82) is 0 Å². The third kappa shape index (κ3) is 4.19. The van der Waals surface area contributed by atoms with Crippen molar-refractivity contribution in [3.05, 3.63) is 56.5 Å². The van der Waals surface area contributed by atoms with E-state index in [0.29, 0.717) is 21.8 Å². The molecule has 3 rings (SSSR count). The Balaban J connectivity index is 1.69. The first kappa shape index (κ1) is 19.5. The molecule has 0 bridgehead atoms. The van der Waals surface area contributed by atoms with E-state index in [0.717, 1.165) is 28.6 Å². The average molecular weight is 409 g/mol. The Labute approximate surface area is 162 Å². The van der Waals surface area contributed by atoms with E-state index in [1.807, 2.05) is 13.8 Å². The van der Waals surface area contributed by atoms with Crippen molar-refractivity contribution in [1.82, 2.24) is 9.97 Å². The third-order valence-corrected chi connectivity index (χ3v) is 6.37. The van der Waals surface area contributed by atoms with Crippen molar-refractivity contribution in [2.45, 2.75) is 31.8 Å². The summed E-state index contributed by atoms with van der Waals surface area (Å²) in [5, 5.41) is 2.41. The van der Waals surface area contributed by atoms with Gasteiger partial charge in [0.05, 0.1) is 22.1 Å². The van der Waals surface area contributed by atoms with Crippen molar-refractivity contribution in [2.75, 3.05) is 5.32 Å². The number of thioether (sulfide) groups is 1. The van der Waals surface area contributed by atoms with Gasteiger partial charge in [0.2, 0.25) is 5.91 Å². The number of rotatable bonds is 5. The van der Waals surface area contributed by atoms with E-state index < -0.39 is 22.8 Å². The predicted octanol–water partition coefficient (Wildman–Crippen LogP) is 4.14. The zero-order valence-corrected chi connectivity index (χ0v) is 16.5. The molecular weight excluding hydrogens is 392 g/mol. The number of anilines is 1. The van der Waals surface area contributed by atoms with Crippen LogP contribution in [-0.4, -0.2) is 21.1 Å². The standard InChI is InChI=1S/C18H17F2N3O2S2/c1-8-9(2)27-18-15(8)17(25)22-14(23-18)7-26-10(3)16(24)21-13-6-11(19)4-5-12(13)20/h4-6,10H,7H2,1-3H3,(H,21,24)(H,22,23,25). The fraction of sp³-hybridized carbons (Fsp3) is 0.278. The fourth-order valence-corrected chi connectivity index (χ4v) is 4.28. The Bertz CT molecular complexity index is 1080. The molecule has 1 atom stereocenters. The van der Waals surface area contributed by atoms with Gasteiger partial charge in [0.15, 0.2) is 0 Å². The largest absolute Gasteiger partial charge is 0.323 e. The number of benzene rings is 1. The summed E-state index contributed by atoms with van der Waals surface area (Å²) in [6, 6.07) is 2.87. The molecule has 0 fully saturated rings. The minimum atomic E-state index is -0.707. The van der Waals surface area contributed by atoms with Crippen LogP contribution >= 0.6 is 23.1 Å². The van der Waals surface area contributed by atoms with Crippen LogP contribution in [0.25, 0.3) is 10.2 Å². The first-order valence-electron chi connectivity index (χ1n) is 8.12. The number of nitrogens with one attached hydrogen (secondary N) is 2. The zero-order valence-electron chi connectivity index (χ0n) is 14.9. The number of aromatic nitrogens is 2. The van der Waals surface area contributed by atoms with Gasteiger partial charge in [-0.05, 0) is 38.5 Å². The summed E-state index contributed by atoms with van der Waals surface area (Å²) in [7, 11) is 0. The summed E-state index contributed by atoms with van der Waals surface area (Å²) in [6.45, 7) is 5.47. The lowest BCUT2D eigenvalue weighted by atomic mass is 10.2. The summed E-state index contributed by atoms with van der Waals surface area (Å²) >= 11 is 2.69. The van der Waals surface area contributed by atoms with E-state index in [2.05, 4.69) is 15.3 Å². The number of aromatic amines is 1. The Morgan fingerprint density at radius 2 is 2.11 bits per heavy atom. The van der Waals surface area contributed by atoms with Crippen LogP contribution in [0.3, 0.4) is 0 Å². The van der Waals surface area contributed by atoms with Gasteiger partial charge in [-0.15, -0.1) is 23.1 Å². The number of thiophene rings is 1. The molecule has 0 saturated carbocycles. The van der Waals surface area contributed by atoms with E-state index in [-0.39, 0.29) is 11.2 Å². The highest BCUT2D eigenvalue weighted by Gasteiger charge is 2.17. The second-order valence-electron chi connectivity index (χ2n) is 6.04. The van der Waals surface area contributed by atoms with Gasteiger partial charge in [-0.3, -0.25) is 9.59 Å².